The van der Waals surface area contributed by atoms with Gasteiger partial charge in [0.05, 0.1) is 22.8 Å². The predicted molar refractivity (Wildman–Crippen MR) is 121 cm³/mol. The first-order chi connectivity index (χ1) is 14.9. The van der Waals surface area contributed by atoms with Gasteiger partial charge in [-0.1, -0.05) is 42.5 Å². The number of carbonyl (C=O) groups excluding carboxylic acids is 1. The van der Waals surface area contributed by atoms with Gasteiger partial charge < -0.3 is 15.2 Å². The molecule has 158 valence electrons. The summed E-state index contributed by atoms with van der Waals surface area (Å²) < 4.78 is 5.78. The third-order valence-corrected chi connectivity index (χ3v) is 4.49. The van der Waals surface area contributed by atoms with Gasteiger partial charge in [-0.3, -0.25) is 20.2 Å². The maximum Gasteiger partial charge on any atom is 0.271 e. The number of aromatic hydroxyl groups is 1. The van der Waals surface area contributed by atoms with Crippen molar-refractivity contribution in [3.05, 3.63) is 94.0 Å². The van der Waals surface area contributed by atoms with E-state index in [9.17, 15) is 20.0 Å². The molecule has 8 nitrogen and oxygen atoms in total. The monoisotopic (exact) mass is 437 g/mol. The molecule has 0 unspecified atom stereocenters. The molecule has 0 heterocycles. The minimum absolute atomic E-state index is 0.00639. The molecule has 0 fully saturated rings. The molecule has 3 rings (SSSR count). The van der Waals surface area contributed by atoms with E-state index in [2.05, 4.69) is 10.6 Å². The number of rotatable bonds is 7. The van der Waals surface area contributed by atoms with Crippen molar-refractivity contribution in [2.24, 2.45) is 0 Å². The molecule has 0 aliphatic heterocycles. The van der Waals surface area contributed by atoms with E-state index in [0.717, 1.165) is 17.7 Å². The quantitative estimate of drug-likeness (QED) is 0.221. The van der Waals surface area contributed by atoms with E-state index < -0.39 is 10.8 Å². The van der Waals surface area contributed by atoms with E-state index in [-0.39, 0.29) is 27.8 Å². The molecule has 0 atom stereocenters. The van der Waals surface area contributed by atoms with Crippen molar-refractivity contribution in [2.75, 3.05) is 11.9 Å². The largest absolute Gasteiger partial charge is 0.506 e. The van der Waals surface area contributed by atoms with Crippen molar-refractivity contribution < 1.29 is 19.6 Å². The number of anilines is 1. The number of ether oxygens (including phenoxy) is 1. The van der Waals surface area contributed by atoms with Gasteiger partial charge in [0.1, 0.15) is 11.5 Å². The molecule has 0 aliphatic rings. The fraction of sp³-hybridized carbons (Fsp3) is 0.0909. The summed E-state index contributed by atoms with van der Waals surface area (Å²) in [6.45, 7) is 0.387. The number of para-hydroxylation sites is 1. The number of hydrogen-bond acceptors (Lipinski definition) is 6. The molecule has 9 heteroatoms. The van der Waals surface area contributed by atoms with E-state index in [1.165, 1.54) is 6.07 Å². The lowest BCUT2D eigenvalue weighted by atomic mass is 10.1. The summed E-state index contributed by atoms with van der Waals surface area (Å²) in [6.07, 6.45) is 0.683. The predicted octanol–water partition coefficient (Wildman–Crippen LogP) is 4.05. The van der Waals surface area contributed by atoms with E-state index in [0.29, 0.717) is 18.8 Å². The van der Waals surface area contributed by atoms with Crippen LogP contribution in [0.15, 0.2) is 72.8 Å². The van der Waals surface area contributed by atoms with Crippen LogP contribution in [-0.2, 0) is 6.42 Å². The second-order valence-corrected chi connectivity index (χ2v) is 6.86. The number of phenols is 1. The molecular weight excluding hydrogens is 418 g/mol. The Kier molecular flexibility index (Phi) is 7.13. The smallest absolute Gasteiger partial charge is 0.271 e. The average Bonchev–Trinajstić information content (AvgIpc) is 2.76. The second kappa shape index (κ2) is 10.2. The number of nitrogens with zero attached hydrogens (tertiary/aromatic N) is 1. The standard InChI is InChI=1S/C22H19N3O5S/c26-19-11-10-16(25(28)29)14-18(19)23-22(31)24-21(27)17-8-4-5-9-20(17)30-13-12-15-6-2-1-3-7-15/h1-11,14,26H,12-13H2,(H2,23,24,27,31). The maximum absolute atomic E-state index is 12.7. The van der Waals surface area contributed by atoms with Gasteiger partial charge in [-0.2, -0.15) is 0 Å². The fourth-order valence-corrected chi connectivity index (χ4v) is 2.97. The van der Waals surface area contributed by atoms with Gasteiger partial charge in [-0.05, 0) is 36.0 Å². The molecule has 0 bridgehead atoms. The second-order valence-electron chi connectivity index (χ2n) is 6.45. The van der Waals surface area contributed by atoms with Gasteiger partial charge in [0.15, 0.2) is 5.11 Å². The minimum atomic E-state index is -0.602. The van der Waals surface area contributed by atoms with Crippen LogP contribution in [0.5, 0.6) is 11.5 Å². The van der Waals surface area contributed by atoms with Crippen LogP contribution in [0.25, 0.3) is 0 Å². The highest BCUT2D eigenvalue weighted by molar-refractivity contribution is 7.80. The molecule has 0 saturated heterocycles. The van der Waals surface area contributed by atoms with Crippen LogP contribution >= 0.6 is 12.2 Å². The Labute approximate surface area is 183 Å². The lowest BCUT2D eigenvalue weighted by Gasteiger charge is -2.13. The third-order valence-electron chi connectivity index (χ3n) is 4.29. The van der Waals surface area contributed by atoms with Crippen LogP contribution in [0.3, 0.4) is 0 Å². The van der Waals surface area contributed by atoms with Gasteiger partial charge in [0.25, 0.3) is 11.6 Å². The molecule has 3 aromatic carbocycles. The number of phenolic OH excluding ortho intramolecular Hbond substituents is 1. The van der Waals surface area contributed by atoms with Crippen molar-refractivity contribution in [3.8, 4) is 11.5 Å². The number of thiocarbonyl (C=S) groups is 1. The van der Waals surface area contributed by atoms with Crippen LogP contribution in [0.4, 0.5) is 11.4 Å². The summed E-state index contributed by atoms with van der Waals surface area (Å²) >= 11 is 5.11. The Morgan fingerprint density at radius 2 is 1.77 bits per heavy atom. The number of nitro benzene ring substituents is 1. The first-order valence-electron chi connectivity index (χ1n) is 9.29. The minimum Gasteiger partial charge on any atom is -0.506 e. The molecular formula is C22H19N3O5S. The zero-order valence-corrected chi connectivity index (χ0v) is 17.1. The van der Waals surface area contributed by atoms with E-state index in [4.69, 9.17) is 17.0 Å². The maximum atomic E-state index is 12.7. The topological polar surface area (TPSA) is 114 Å². The Morgan fingerprint density at radius 3 is 2.52 bits per heavy atom. The zero-order valence-electron chi connectivity index (χ0n) is 16.3. The number of non-ortho nitro benzene ring substituents is 1. The van der Waals surface area contributed by atoms with Gasteiger partial charge in [-0.25, -0.2) is 0 Å². The molecule has 3 N–H and O–H groups in total. The number of carbonyl (C=O) groups is 1. The Morgan fingerprint density at radius 1 is 1.06 bits per heavy atom. The van der Waals surface area contributed by atoms with E-state index in [1.54, 1.807) is 24.3 Å². The normalized spacial score (nSPS) is 10.2. The summed E-state index contributed by atoms with van der Waals surface area (Å²) in [7, 11) is 0. The van der Waals surface area contributed by atoms with Crippen molar-refractivity contribution in [1.82, 2.24) is 5.32 Å². The summed E-state index contributed by atoms with van der Waals surface area (Å²) in [5.74, 6) is -0.360. The van der Waals surface area contributed by atoms with Gasteiger partial charge in [-0.15, -0.1) is 0 Å². The number of nitro groups is 1. The highest BCUT2D eigenvalue weighted by Crippen LogP contribution is 2.27. The summed E-state index contributed by atoms with van der Waals surface area (Å²) in [6, 6.07) is 20.0. The number of nitrogens with one attached hydrogen (secondary N) is 2. The lowest BCUT2D eigenvalue weighted by Crippen LogP contribution is -2.34. The highest BCUT2D eigenvalue weighted by atomic mass is 32.1. The third kappa shape index (κ3) is 6.00. The molecule has 3 aromatic rings. The Balaban J connectivity index is 1.63. The SMILES string of the molecule is O=C(NC(=S)Nc1cc([N+](=O)[O-])ccc1O)c1ccccc1OCCc1ccccc1. The Hall–Kier alpha value is -3.98. The molecule has 0 radical (unpaired) electrons. The first kappa shape index (κ1) is 21.7. The number of amides is 1. The fourth-order valence-electron chi connectivity index (χ4n) is 2.77. The van der Waals surface area contributed by atoms with Gasteiger partial charge in [0.2, 0.25) is 0 Å². The summed E-state index contributed by atoms with van der Waals surface area (Å²) in [4.78, 5) is 23.0. The van der Waals surface area contributed by atoms with Crippen LogP contribution in [0.1, 0.15) is 15.9 Å². The van der Waals surface area contributed by atoms with Gasteiger partial charge >= 0.3 is 0 Å². The molecule has 0 spiro atoms. The molecule has 31 heavy (non-hydrogen) atoms. The van der Waals surface area contributed by atoms with Crippen LogP contribution in [0.2, 0.25) is 0 Å². The van der Waals surface area contributed by atoms with Crippen molar-refractivity contribution >= 4 is 34.6 Å². The molecule has 1 amide bonds. The zero-order chi connectivity index (χ0) is 22.2. The highest BCUT2D eigenvalue weighted by Gasteiger charge is 2.16. The first-order valence-corrected chi connectivity index (χ1v) is 9.70. The van der Waals surface area contributed by atoms with Gasteiger partial charge in [0, 0.05) is 18.6 Å². The average molecular weight is 437 g/mol. The number of benzene rings is 3. The number of hydrogen-bond donors (Lipinski definition) is 3. The lowest BCUT2D eigenvalue weighted by molar-refractivity contribution is -0.384. The van der Waals surface area contributed by atoms with Crippen LogP contribution < -0.4 is 15.4 Å². The Bertz CT molecular complexity index is 1110. The van der Waals surface area contributed by atoms with Crippen molar-refractivity contribution in [3.63, 3.8) is 0 Å². The molecule has 0 saturated carbocycles. The summed E-state index contributed by atoms with van der Waals surface area (Å²) in [5, 5.41) is 25.7. The summed E-state index contributed by atoms with van der Waals surface area (Å²) in [5.41, 5.74) is 1.17. The van der Waals surface area contributed by atoms with Crippen LogP contribution in [0, 0.1) is 10.1 Å². The van der Waals surface area contributed by atoms with E-state index >= 15 is 0 Å². The van der Waals surface area contributed by atoms with Crippen molar-refractivity contribution in [2.45, 2.75) is 6.42 Å². The van der Waals surface area contributed by atoms with Crippen LogP contribution in [-0.4, -0.2) is 27.7 Å². The molecule has 0 aromatic heterocycles. The van der Waals surface area contributed by atoms with Crippen molar-refractivity contribution in [1.29, 1.82) is 0 Å². The molecule has 0 aliphatic carbocycles. The van der Waals surface area contributed by atoms with E-state index in [1.807, 2.05) is 30.3 Å².